The van der Waals surface area contributed by atoms with Gasteiger partial charge in [0.25, 0.3) is 5.91 Å². The second kappa shape index (κ2) is 9.36. The van der Waals surface area contributed by atoms with E-state index in [-0.39, 0.29) is 30.7 Å². The molecule has 0 spiro atoms. The third-order valence-corrected chi connectivity index (χ3v) is 6.02. The topological polar surface area (TPSA) is 98.6 Å². The quantitative estimate of drug-likeness (QED) is 0.728. The zero-order valence-corrected chi connectivity index (χ0v) is 18.0. The summed E-state index contributed by atoms with van der Waals surface area (Å²) in [4.78, 5) is 26.7. The van der Waals surface area contributed by atoms with E-state index in [0.29, 0.717) is 31.0 Å². The van der Waals surface area contributed by atoms with Crippen molar-refractivity contribution in [3.63, 3.8) is 0 Å². The van der Waals surface area contributed by atoms with Gasteiger partial charge in [0.05, 0.1) is 18.7 Å². The lowest BCUT2D eigenvalue weighted by Gasteiger charge is -2.29. The average Bonchev–Trinajstić information content (AvgIpc) is 3.44. The van der Waals surface area contributed by atoms with Gasteiger partial charge in [-0.3, -0.25) is 9.59 Å². The molecule has 31 heavy (non-hydrogen) atoms. The van der Waals surface area contributed by atoms with E-state index in [0.717, 1.165) is 37.0 Å². The first-order chi connectivity index (χ1) is 15.1. The van der Waals surface area contributed by atoms with Crippen molar-refractivity contribution >= 4 is 11.8 Å². The first-order valence-electron chi connectivity index (χ1n) is 11.0. The number of ether oxygens (including phenoxy) is 2. The maximum atomic E-state index is 12.5. The maximum Gasteiger partial charge on any atom is 0.276 e. The van der Waals surface area contributed by atoms with Gasteiger partial charge in [0.1, 0.15) is 0 Å². The highest BCUT2D eigenvalue weighted by atomic mass is 16.7. The molecule has 0 unspecified atom stereocenters. The summed E-state index contributed by atoms with van der Waals surface area (Å²) < 4.78 is 12.5. The third-order valence-electron chi connectivity index (χ3n) is 6.02. The second-order valence-corrected chi connectivity index (χ2v) is 8.00. The molecule has 1 aliphatic heterocycles. The van der Waals surface area contributed by atoms with Crippen LogP contribution in [0.4, 0.5) is 0 Å². The molecular formula is C22H29N5O4. The third kappa shape index (κ3) is 4.81. The molecule has 2 aromatic rings. The highest BCUT2D eigenvalue weighted by Crippen LogP contribution is 2.33. The molecule has 1 aliphatic carbocycles. The molecule has 2 amide bonds. The van der Waals surface area contributed by atoms with Gasteiger partial charge in [-0.2, -0.15) is 0 Å². The summed E-state index contributed by atoms with van der Waals surface area (Å²) >= 11 is 0. The Bertz CT molecular complexity index is 932. The van der Waals surface area contributed by atoms with Crippen molar-refractivity contribution in [1.82, 2.24) is 25.2 Å². The summed E-state index contributed by atoms with van der Waals surface area (Å²) in [5, 5.41) is 11.4. The predicted molar refractivity (Wildman–Crippen MR) is 113 cm³/mol. The van der Waals surface area contributed by atoms with Crippen LogP contribution in [0.3, 0.4) is 0 Å². The van der Waals surface area contributed by atoms with Gasteiger partial charge >= 0.3 is 0 Å². The summed E-state index contributed by atoms with van der Waals surface area (Å²) in [6.45, 7) is 5.44. The fraction of sp³-hybridized carbons (Fsp3) is 0.545. The van der Waals surface area contributed by atoms with Crippen LogP contribution in [0.15, 0.2) is 24.4 Å². The molecule has 1 aromatic heterocycles. The number of aromatic nitrogens is 3. The fourth-order valence-corrected chi connectivity index (χ4v) is 4.23. The predicted octanol–water partition coefficient (Wildman–Crippen LogP) is 2.33. The van der Waals surface area contributed by atoms with Gasteiger partial charge < -0.3 is 19.7 Å². The normalized spacial score (nSPS) is 19.8. The minimum absolute atomic E-state index is 0.00942. The Balaban J connectivity index is 1.26. The van der Waals surface area contributed by atoms with Crippen LogP contribution in [0, 0.1) is 0 Å². The van der Waals surface area contributed by atoms with Crippen LogP contribution in [0.25, 0.3) is 0 Å². The Morgan fingerprint density at radius 3 is 2.61 bits per heavy atom. The molecule has 2 aliphatic rings. The van der Waals surface area contributed by atoms with E-state index in [1.807, 2.05) is 32.0 Å². The Kier molecular flexibility index (Phi) is 6.39. The van der Waals surface area contributed by atoms with Crippen molar-refractivity contribution in [3.8, 4) is 11.5 Å². The number of rotatable bonds is 7. The molecular weight excluding hydrogens is 398 g/mol. The second-order valence-electron chi connectivity index (χ2n) is 8.00. The SMILES string of the molecule is CCN(CC)C(=O)c1cn(C2CCC(NC(=O)Cc3ccc4c(c3)OCO4)CC2)nn1. The summed E-state index contributed by atoms with van der Waals surface area (Å²) in [6, 6.07) is 5.95. The largest absolute Gasteiger partial charge is 0.454 e. The number of amides is 2. The zero-order valence-electron chi connectivity index (χ0n) is 18.0. The fourth-order valence-electron chi connectivity index (χ4n) is 4.23. The summed E-state index contributed by atoms with van der Waals surface area (Å²) in [7, 11) is 0. The van der Waals surface area contributed by atoms with Crippen LogP contribution in [0.1, 0.15) is 61.6 Å². The first-order valence-corrected chi connectivity index (χ1v) is 11.0. The number of fused-ring (bicyclic) bond motifs is 1. The van der Waals surface area contributed by atoms with Crippen molar-refractivity contribution in [2.75, 3.05) is 19.9 Å². The Morgan fingerprint density at radius 2 is 1.87 bits per heavy atom. The van der Waals surface area contributed by atoms with Crippen molar-refractivity contribution in [1.29, 1.82) is 0 Å². The zero-order chi connectivity index (χ0) is 21.8. The molecule has 1 fully saturated rings. The smallest absolute Gasteiger partial charge is 0.276 e. The number of carbonyl (C=O) groups excluding carboxylic acids is 2. The number of benzene rings is 1. The summed E-state index contributed by atoms with van der Waals surface area (Å²) in [5.74, 6) is 1.34. The average molecular weight is 428 g/mol. The lowest BCUT2D eigenvalue weighted by Crippen LogP contribution is -2.38. The monoisotopic (exact) mass is 427 g/mol. The van der Waals surface area contributed by atoms with Gasteiger partial charge in [0, 0.05) is 19.1 Å². The molecule has 166 valence electrons. The minimum atomic E-state index is -0.0827. The van der Waals surface area contributed by atoms with E-state index in [1.165, 1.54) is 0 Å². The highest BCUT2D eigenvalue weighted by molar-refractivity contribution is 5.91. The molecule has 0 radical (unpaired) electrons. The number of hydrogen-bond donors (Lipinski definition) is 1. The molecule has 9 nitrogen and oxygen atoms in total. The van der Waals surface area contributed by atoms with Crippen LogP contribution < -0.4 is 14.8 Å². The van der Waals surface area contributed by atoms with Crippen molar-refractivity contribution in [2.45, 2.75) is 58.0 Å². The van der Waals surface area contributed by atoms with E-state index in [9.17, 15) is 9.59 Å². The van der Waals surface area contributed by atoms with E-state index in [1.54, 1.807) is 15.8 Å². The number of carbonyl (C=O) groups is 2. The standard InChI is InChI=1S/C22H29N5O4/c1-3-26(4-2)22(29)18-13-27(25-24-18)17-8-6-16(7-9-17)23-21(28)12-15-5-10-19-20(11-15)31-14-30-19/h5,10-11,13,16-17H,3-4,6-9,12,14H2,1-2H3,(H,23,28). The van der Waals surface area contributed by atoms with Gasteiger partial charge in [-0.15, -0.1) is 5.10 Å². The van der Waals surface area contributed by atoms with Gasteiger partial charge in [0.2, 0.25) is 12.7 Å². The van der Waals surface area contributed by atoms with Gasteiger partial charge in [0.15, 0.2) is 17.2 Å². The van der Waals surface area contributed by atoms with E-state index in [4.69, 9.17) is 9.47 Å². The van der Waals surface area contributed by atoms with Gasteiger partial charge in [-0.05, 0) is 57.2 Å². The van der Waals surface area contributed by atoms with E-state index < -0.39 is 0 Å². The Labute approximate surface area is 181 Å². The summed E-state index contributed by atoms with van der Waals surface area (Å²) in [6.07, 6.45) is 5.59. The molecule has 2 heterocycles. The van der Waals surface area contributed by atoms with Crippen LogP contribution in [-0.4, -0.2) is 57.6 Å². The first kappa shape index (κ1) is 21.1. The molecule has 0 saturated heterocycles. The van der Waals surface area contributed by atoms with Crippen LogP contribution in [0.5, 0.6) is 11.5 Å². The lowest BCUT2D eigenvalue weighted by atomic mass is 9.91. The molecule has 0 bridgehead atoms. The molecule has 0 atom stereocenters. The molecule has 4 rings (SSSR count). The number of hydrogen-bond acceptors (Lipinski definition) is 6. The van der Waals surface area contributed by atoms with Crippen molar-refractivity contribution < 1.29 is 19.1 Å². The number of nitrogens with one attached hydrogen (secondary N) is 1. The van der Waals surface area contributed by atoms with E-state index >= 15 is 0 Å². The Hall–Kier alpha value is -3.10. The molecule has 1 saturated carbocycles. The van der Waals surface area contributed by atoms with Gasteiger partial charge in [-0.25, -0.2) is 4.68 Å². The minimum Gasteiger partial charge on any atom is -0.454 e. The lowest BCUT2D eigenvalue weighted by molar-refractivity contribution is -0.121. The van der Waals surface area contributed by atoms with Crippen LogP contribution in [-0.2, 0) is 11.2 Å². The molecule has 1 N–H and O–H groups in total. The summed E-state index contributed by atoms with van der Waals surface area (Å²) in [5.41, 5.74) is 1.30. The van der Waals surface area contributed by atoms with E-state index in [2.05, 4.69) is 15.6 Å². The Morgan fingerprint density at radius 1 is 1.13 bits per heavy atom. The highest BCUT2D eigenvalue weighted by Gasteiger charge is 2.26. The number of nitrogens with zero attached hydrogens (tertiary/aromatic N) is 4. The molecule has 9 heteroatoms. The maximum absolute atomic E-state index is 12.5. The van der Waals surface area contributed by atoms with Gasteiger partial charge in [-0.1, -0.05) is 11.3 Å². The van der Waals surface area contributed by atoms with Crippen molar-refractivity contribution in [3.05, 3.63) is 35.7 Å². The molecule has 1 aromatic carbocycles. The van der Waals surface area contributed by atoms with Crippen LogP contribution in [0.2, 0.25) is 0 Å². The van der Waals surface area contributed by atoms with Crippen LogP contribution >= 0.6 is 0 Å². The van der Waals surface area contributed by atoms with Crippen molar-refractivity contribution in [2.24, 2.45) is 0 Å².